The number of carboxylic acid groups (broad SMARTS) is 1. The molecule has 0 saturated carbocycles. The minimum atomic E-state index is -1.77. The summed E-state index contributed by atoms with van der Waals surface area (Å²) in [5.74, 6) is 0.832. The fraction of sp³-hybridized carbons (Fsp3) is 0.562. The Hall–Kier alpha value is -3.82. The van der Waals surface area contributed by atoms with Gasteiger partial charge in [-0.05, 0) is 37.3 Å². The van der Waals surface area contributed by atoms with Gasteiger partial charge < -0.3 is 53.7 Å². The molecule has 46 heavy (non-hydrogen) atoms. The summed E-state index contributed by atoms with van der Waals surface area (Å²) in [6.45, 7) is 2.15. The largest absolute Gasteiger partial charge is 0.492 e. The van der Waals surface area contributed by atoms with Crippen LogP contribution in [0.4, 0.5) is 0 Å². The highest BCUT2D eigenvalue weighted by Crippen LogP contribution is 2.58. The first-order valence-electron chi connectivity index (χ1n) is 15.6. The van der Waals surface area contributed by atoms with Crippen molar-refractivity contribution >= 4 is 11.9 Å². The summed E-state index contributed by atoms with van der Waals surface area (Å²) in [6, 6.07) is 5.58. The average Bonchev–Trinajstić information content (AvgIpc) is 3.76. The number of aliphatic carboxylic acids is 1. The maximum Gasteiger partial charge on any atom is 0.317 e. The molecule has 0 amide bonds. The normalized spacial score (nSPS) is 29.9. The van der Waals surface area contributed by atoms with Crippen LogP contribution >= 0.6 is 0 Å². The first kappa shape index (κ1) is 30.8. The lowest BCUT2D eigenvalue weighted by molar-refractivity contribution is -0.365. The zero-order valence-electron chi connectivity index (χ0n) is 25.1. The molecule has 0 bridgehead atoms. The molecular formula is C32H36O14. The molecular weight excluding hydrogens is 608 g/mol. The molecule has 0 radical (unpaired) electrons. The van der Waals surface area contributed by atoms with Crippen LogP contribution in [-0.2, 0) is 30.4 Å². The highest BCUT2D eigenvalue weighted by molar-refractivity contribution is 5.90. The van der Waals surface area contributed by atoms with E-state index in [1.807, 2.05) is 18.2 Å². The van der Waals surface area contributed by atoms with E-state index in [1.165, 1.54) is 0 Å². The van der Waals surface area contributed by atoms with Crippen LogP contribution in [0.1, 0.15) is 79.2 Å². The highest BCUT2D eigenvalue weighted by atomic mass is 17.2. The minimum Gasteiger partial charge on any atom is -0.492 e. The molecule has 5 aliphatic rings. The maximum atomic E-state index is 11.6. The molecule has 7 rings (SSSR count). The first-order valence-corrected chi connectivity index (χ1v) is 15.6. The molecule has 2 aromatic carbocycles. The van der Waals surface area contributed by atoms with Crippen molar-refractivity contribution in [3.05, 3.63) is 40.5 Å². The van der Waals surface area contributed by atoms with E-state index in [0.29, 0.717) is 36.0 Å². The second kappa shape index (κ2) is 12.4. The van der Waals surface area contributed by atoms with Gasteiger partial charge in [0.15, 0.2) is 29.6 Å². The summed E-state index contributed by atoms with van der Waals surface area (Å²) < 4.78 is 34.3. The van der Waals surface area contributed by atoms with Crippen LogP contribution in [0.3, 0.4) is 0 Å². The van der Waals surface area contributed by atoms with Gasteiger partial charge in [0.05, 0.1) is 12.5 Å². The van der Waals surface area contributed by atoms with Gasteiger partial charge in [0.2, 0.25) is 6.79 Å². The number of benzene rings is 2. The smallest absolute Gasteiger partial charge is 0.317 e. The topological polar surface area (TPSA) is 189 Å². The zero-order valence-corrected chi connectivity index (χ0v) is 25.1. The van der Waals surface area contributed by atoms with E-state index in [4.69, 9.17) is 43.3 Å². The number of fused-ring (bicyclic) bond motifs is 8. The number of hydrogen-bond acceptors (Lipinski definition) is 13. The van der Waals surface area contributed by atoms with Crippen molar-refractivity contribution in [3.63, 3.8) is 0 Å². The van der Waals surface area contributed by atoms with Crippen molar-refractivity contribution < 1.29 is 68.2 Å². The van der Waals surface area contributed by atoms with E-state index in [-0.39, 0.29) is 24.7 Å². The van der Waals surface area contributed by atoms with Crippen molar-refractivity contribution in [3.8, 4) is 28.7 Å². The summed E-state index contributed by atoms with van der Waals surface area (Å²) in [6.07, 6.45) is -4.56. The second-order valence-corrected chi connectivity index (χ2v) is 12.2. The van der Waals surface area contributed by atoms with E-state index in [0.717, 1.165) is 53.7 Å². The Morgan fingerprint density at radius 2 is 1.80 bits per heavy atom. The van der Waals surface area contributed by atoms with Crippen LogP contribution < -0.4 is 23.8 Å². The monoisotopic (exact) mass is 644 g/mol. The van der Waals surface area contributed by atoms with Crippen molar-refractivity contribution in [2.75, 3.05) is 20.0 Å². The number of carbonyl (C=O) groups excluding carboxylic acids is 1. The van der Waals surface area contributed by atoms with Crippen LogP contribution in [-0.4, -0.2) is 83.1 Å². The first-order chi connectivity index (χ1) is 22.2. The lowest BCUT2D eigenvalue weighted by Crippen LogP contribution is -2.59. The average molecular weight is 645 g/mol. The Morgan fingerprint density at radius 3 is 2.59 bits per heavy atom. The number of rotatable bonds is 10. The van der Waals surface area contributed by atoms with Crippen molar-refractivity contribution in [2.45, 2.75) is 94.1 Å². The predicted octanol–water partition coefficient (Wildman–Crippen LogP) is 2.38. The molecule has 4 N–H and O–H groups in total. The summed E-state index contributed by atoms with van der Waals surface area (Å²) >= 11 is 0. The quantitative estimate of drug-likeness (QED) is 0.128. The van der Waals surface area contributed by atoms with Gasteiger partial charge in [-0.25, -0.2) is 0 Å². The number of unbranched alkanes of at least 4 members (excludes halogenated alkanes) is 1. The fourth-order valence-corrected chi connectivity index (χ4v) is 7.02. The van der Waals surface area contributed by atoms with E-state index >= 15 is 0 Å². The summed E-state index contributed by atoms with van der Waals surface area (Å²) in [7, 11) is 0. The van der Waals surface area contributed by atoms with Gasteiger partial charge in [0.1, 0.15) is 48.9 Å². The summed E-state index contributed by atoms with van der Waals surface area (Å²) in [5.41, 5.74) is 3.70. The van der Waals surface area contributed by atoms with Crippen LogP contribution in [0, 0.1) is 0 Å². The number of hydrogen-bond donors (Lipinski definition) is 4. The van der Waals surface area contributed by atoms with E-state index in [2.05, 4.69) is 6.92 Å². The van der Waals surface area contributed by atoms with Crippen molar-refractivity contribution in [2.24, 2.45) is 0 Å². The molecule has 0 spiro atoms. The number of aliphatic hydroxyl groups is 3. The van der Waals surface area contributed by atoms with Crippen LogP contribution in [0.25, 0.3) is 0 Å². The molecule has 8 atom stereocenters. The third-order valence-electron chi connectivity index (χ3n) is 9.33. The number of ether oxygens (including phenoxy) is 6. The predicted molar refractivity (Wildman–Crippen MR) is 153 cm³/mol. The SMILES string of the molecule is CCCCC1CCc2c(OOC3C(O)OC(COC(=O)CC(=O)O)C(O)C3O)cc3c(c21)OCC1c2cc4c(cc2OC31)OCO4. The van der Waals surface area contributed by atoms with Gasteiger partial charge in [-0.1, -0.05) is 19.8 Å². The Kier molecular flexibility index (Phi) is 8.32. The molecule has 1 aliphatic carbocycles. The van der Waals surface area contributed by atoms with E-state index in [9.17, 15) is 24.9 Å². The second-order valence-electron chi connectivity index (χ2n) is 12.2. The Balaban J connectivity index is 1.12. The molecule has 2 aromatic rings. The third kappa shape index (κ3) is 5.47. The molecule has 14 nitrogen and oxygen atoms in total. The Bertz CT molecular complexity index is 1510. The van der Waals surface area contributed by atoms with Crippen LogP contribution in [0.15, 0.2) is 18.2 Å². The van der Waals surface area contributed by atoms with Crippen molar-refractivity contribution in [1.82, 2.24) is 0 Å². The Labute approximate surface area is 263 Å². The molecule has 8 unspecified atom stereocenters. The van der Waals surface area contributed by atoms with Crippen LogP contribution in [0.2, 0.25) is 0 Å². The van der Waals surface area contributed by atoms with Crippen molar-refractivity contribution in [1.29, 1.82) is 0 Å². The Morgan fingerprint density at radius 1 is 1.00 bits per heavy atom. The van der Waals surface area contributed by atoms with Gasteiger partial charge in [-0.2, -0.15) is 4.89 Å². The number of carbonyl (C=O) groups is 2. The van der Waals surface area contributed by atoms with Gasteiger partial charge in [-0.3, -0.25) is 9.59 Å². The number of aliphatic hydroxyl groups excluding tert-OH is 3. The highest BCUT2D eigenvalue weighted by Gasteiger charge is 2.48. The summed E-state index contributed by atoms with van der Waals surface area (Å²) in [5, 5.41) is 40.8. The molecule has 248 valence electrons. The zero-order chi connectivity index (χ0) is 32.1. The standard InChI is InChI=1S/C32H36O14/c1-2-3-4-14-5-6-15-20(45-46-31-28(37)27(36)23(44-32(31)38)12-39-25(35)10-24(33)34)8-17-29-18(11-40-30(17)26(14)15)16-7-21-22(42-13-41-21)9-19(16)43-29/h7-9,14,18,23,27-29,31-32,36-38H,2-6,10-13H2,1H3,(H,33,34). The van der Waals surface area contributed by atoms with Gasteiger partial charge in [-0.15, -0.1) is 0 Å². The number of esters is 1. The van der Waals surface area contributed by atoms with Gasteiger partial charge >= 0.3 is 11.9 Å². The van der Waals surface area contributed by atoms with Gasteiger partial charge in [0, 0.05) is 28.3 Å². The molecule has 4 heterocycles. The van der Waals surface area contributed by atoms with E-state index in [1.54, 1.807) is 0 Å². The van der Waals surface area contributed by atoms with Gasteiger partial charge in [0.25, 0.3) is 0 Å². The third-order valence-corrected chi connectivity index (χ3v) is 9.33. The van der Waals surface area contributed by atoms with Crippen LogP contribution in [0.5, 0.6) is 28.7 Å². The lowest BCUT2D eigenvalue weighted by Gasteiger charge is -2.39. The summed E-state index contributed by atoms with van der Waals surface area (Å²) in [4.78, 5) is 33.7. The maximum absolute atomic E-state index is 11.6. The minimum absolute atomic E-state index is 0.105. The lowest BCUT2D eigenvalue weighted by atomic mass is 9.85. The molecule has 1 fully saturated rings. The molecule has 4 aliphatic heterocycles. The van der Waals surface area contributed by atoms with E-state index < -0.39 is 55.7 Å². The number of carboxylic acids is 1. The molecule has 0 aromatic heterocycles. The molecule has 1 saturated heterocycles. The molecule has 14 heteroatoms. The fourth-order valence-electron chi connectivity index (χ4n) is 7.02.